The Morgan fingerprint density at radius 1 is 1.09 bits per heavy atom. The number of carbonyl (C=O) groups excluding carboxylic acids is 2. The first-order valence-corrected chi connectivity index (χ1v) is 10.1. The number of benzene rings is 2. The number of alkyl halides is 3. The normalized spacial score (nSPS) is 20.6. The summed E-state index contributed by atoms with van der Waals surface area (Å²) in [5, 5.41) is 2.63. The predicted molar refractivity (Wildman–Crippen MR) is 107 cm³/mol. The molecule has 0 spiro atoms. The molecule has 2 aliphatic rings. The van der Waals surface area contributed by atoms with Crippen LogP contribution in [-0.2, 0) is 22.1 Å². The van der Waals surface area contributed by atoms with E-state index in [0.717, 1.165) is 42.5 Å². The minimum absolute atomic E-state index is 0.185. The molecule has 0 saturated carbocycles. The second-order valence-corrected chi connectivity index (χ2v) is 7.82. The Morgan fingerprint density at radius 2 is 1.94 bits per heavy atom. The van der Waals surface area contributed by atoms with Gasteiger partial charge in [0.1, 0.15) is 11.5 Å². The summed E-state index contributed by atoms with van der Waals surface area (Å²) < 4.78 is 50.2. The maximum Gasteiger partial charge on any atom is 0.416 e. The minimum Gasteiger partial charge on any atom is -0.457 e. The van der Waals surface area contributed by atoms with Crippen LogP contribution in [0.1, 0.15) is 35.4 Å². The fraction of sp³-hybridized carbons (Fsp3) is 0.261. The average Bonchev–Trinajstić information content (AvgIpc) is 3.10. The van der Waals surface area contributed by atoms with Crippen LogP contribution >= 0.6 is 0 Å². The number of carbonyl (C=O) groups is 2. The number of pyridine rings is 1. The fourth-order valence-corrected chi connectivity index (χ4v) is 4.36. The number of amides is 2. The van der Waals surface area contributed by atoms with E-state index in [4.69, 9.17) is 9.47 Å². The highest BCUT2D eigenvalue weighted by molar-refractivity contribution is 6.00. The van der Waals surface area contributed by atoms with E-state index in [-0.39, 0.29) is 11.4 Å². The van der Waals surface area contributed by atoms with Gasteiger partial charge < -0.3 is 9.47 Å². The van der Waals surface area contributed by atoms with Crippen LogP contribution in [0.25, 0.3) is 10.9 Å². The summed E-state index contributed by atoms with van der Waals surface area (Å²) in [4.78, 5) is 27.5. The van der Waals surface area contributed by atoms with Gasteiger partial charge in [0.05, 0.1) is 11.1 Å². The first-order chi connectivity index (χ1) is 15.3. The number of nitrogens with zero attached hydrogens (tertiary/aromatic N) is 1. The standard InChI is InChI=1S/C23H17F3N2O4/c24-23(25,26)13-4-6-17-18(11-13)27-9-8-19(17)31-14-5-7-15-12(10-14)2-1-3-16(15)20-21(29)28-22(30)32-20/h4-11,16,20H,1-3H2,(H,28,29,30)/t16-,20?/m1/s1. The SMILES string of the molecule is O=C1NC(=O)C([C@@H]2CCCc3cc(Oc4ccnc5cc(C(F)(F)F)ccc45)ccc32)O1. The zero-order chi connectivity index (χ0) is 22.5. The van der Waals surface area contributed by atoms with Gasteiger partial charge in [-0.25, -0.2) is 4.79 Å². The van der Waals surface area contributed by atoms with Crippen molar-refractivity contribution in [2.75, 3.05) is 0 Å². The van der Waals surface area contributed by atoms with E-state index in [1.807, 2.05) is 12.1 Å². The second-order valence-electron chi connectivity index (χ2n) is 7.82. The number of hydrogen-bond donors (Lipinski definition) is 1. The number of rotatable bonds is 3. The molecule has 6 nitrogen and oxygen atoms in total. The lowest BCUT2D eigenvalue weighted by molar-refractivity contribution is -0.137. The van der Waals surface area contributed by atoms with E-state index in [1.165, 1.54) is 12.3 Å². The third-order valence-electron chi connectivity index (χ3n) is 5.82. The average molecular weight is 442 g/mol. The van der Waals surface area contributed by atoms with Crippen molar-refractivity contribution in [1.29, 1.82) is 0 Å². The Morgan fingerprint density at radius 3 is 2.69 bits per heavy atom. The summed E-state index contributed by atoms with van der Waals surface area (Å²) >= 11 is 0. The topological polar surface area (TPSA) is 77.5 Å². The van der Waals surface area contributed by atoms with Crippen LogP contribution in [0.5, 0.6) is 11.5 Å². The number of halogens is 3. The smallest absolute Gasteiger partial charge is 0.416 e. The molecule has 5 rings (SSSR count). The number of cyclic esters (lactones) is 1. The molecule has 32 heavy (non-hydrogen) atoms. The number of hydrogen-bond acceptors (Lipinski definition) is 5. The first-order valence-electron chi connectivity index (χ1n) is 10.1. The lowest BCUT2D eigenvalue weighted by Crippen LogP contribution is -2.31. The predicted octanol–water partition coefficient (Wildman–Crippen LogP) is 5.10. The van der Waals surface area contributed by atoms with Crippen LogP contribution in [0.3, 0.4) is 0 Å². The number of alkyl carbamates (subject to hydrolysis) is 1. The minimum atomic E-state index is -4.45. The van der Waals surface area contributed by atoms with Gasteiger partial charge in [-0.05, 0) is 66.8 Å². The summed E-state index contributed by atoms with van der Waals surface area (Å²) in [6.45, 7) is 0. The van der Waals surface area contributed by atoms with Gasteiger partial charge in [-0.3, -0.25) is 15.1 Å². The Bertz CT molecular complexity index is 1240. The van der Waals surface area contributed by atoms with Crippen LogP contribution in [-0.4, -0.2) is 23.1 Å². The summed E-state index contributed by atoms with van der Waals surface area (Å²) in [6, 6.07) is 10.4. The molecule has 1 N–H and O–H groups in total. The molecule has 2 aromatic carbocycles. The third-order valence-corrected chi connectivity index (χ3v) is 5.82. The zero-order valence-corrected chi connectivity index (χ0v) is 16.6. The molecule has 1 saturated heterocycles. The van der Waals surface area contributed by atoms with Crippen LogP contribution in [0.4, 0.5) is 18.0 Å². The molecule has 0 bridgehead atoms. The third kappa shape index (κ3) is 3.63. The van der Waals surface area contributed by atoms with Gasteiger partial charge in [0.2, 0.25) is 0 Å². The lowest BCUT2D eigenvalue weighted by atomic mass is 9.79. The van der Waals surface area contributed by atoms with Crippen molar-refractivity contribution in [1.82, 2.24) is 10.3 Å². The quantitative estimate of drug-likeness (QED) is 0.611. The Kier molecular flexibility index (Phi) is 4.76. The van der Waals surface area contributed by atoms with Gasteiger partial charge >= 0.3 is 12.3 Å². The first kappa shape index (κ1) is 20.3. The van der Waals surface area contributed by atoms with Crippen molar-refractivity contribution >= 4 is 22.9 Å². The number of imide groups is 1. The fourth-order valence-electron chi connectivity index (χ4n) is 4.36. The summed E-state index contributed by atoms with van der Waals surface area (Å²) in [5.74, 6) is 0.237. The molecule has 164 valence electrons. The van der Waals surface area contributed by atoms with E-state index in [0.29, 0.717) is 16.9 Å². The van der Waals surface area contributed by atoms with Crippen molar-refractivity contribution in [3.63, 3.8) is 0 Å². The monoisotopic (exact) mass is 442 g/mol. The molecule has 3 aromatic rings. The second kappa shape index (κ2) is 7.51. The van der Waals surface area contributed by atoms with Crippen molar-refractivity contribution in [2.45, 2.75) is 37.5 Å². The Hall–Kier alpha value is -3.62. The van der Waals surface area contributed by atoms with Gasteiger partial charge in [-0.1, -0.05) is 6.07 Å². The van der Waals surface area contributed by atoms with Crippen molar-refractivity contribution in [3.05, 3.63) is 65.4 Å². The molecule has 1 unspecified atom stereocenters. The summed E-state index contributed by atoms with van der Waals surface area (Å²) in [5.41, 5.74) is 1.32. The van der Waals surface area contributed by atoms with Crippen molar-refractivity contribution in [2.24, 2.45) is 0 Å². The maximum atomic E-state index is 13.0. The highest BCUT2D eigenvalue weighted by atomic mass is 19.4. The molecule has 2 heterocycles. The highest BCUT2D eigenvalue weighted by Gasteiger charge is 2.41. The lowest BCUT2D eigenvalue weighted by Gasteiger charge is -2.28. The molecule has 9 heteroatoms. The van der Waals surface area contributed by atoms with Crippen molar-refractivity contribution < 1.29 is 32.2 Å². The van der Waals surface area contributed by atoms with E-state index in [1.54, 1.807) is 12.1 Å². The number of ether oxygens (including phenoxy) is 2. The molecular weight excluding hydrogens is 425 g/mol. The van der Waals surface area contributed by atoms with Gasteiger partial charge in [0, 0.05) is 17.5 Å². The van der Waals surface area contributed by atoms with E-state index < -0.39 is 29.8 Å². The number of aromatic nitrogens is 1. The molecule has 0 radical (unpaired) electrons. The molecule has 2 atom stereocenters. The van der Waals surface area contributed by atoms with E-state index in [2.05, 4.69) is 10.3 Å². The molecule has 1 aliphatic carbocycles. The van der Waals surface area contributed by atoms with E-state index >= 15 is 0 Å². The van der Waals surface area contributed by atoms with Gasteiger partial charge in [0.15, 0.2) is 6.10 Å². The van der Waals surface area contributed by atoms with Crippen LogP contribution in [0.2, 0.25) is 0 Å². The van der Waals surface area contributed by atoms with E-state index in [9.17, 15) is 22.8 Å². The largest absolute Gasteiger partial charge is 0.457 e. The Labute approximate surface area is 180 Å². The zero-order valence-electron chi connectivity index (χ0n) is 16.6. The maximum absolute atomic E-state index is 13.0. The molecule has 1 fully saturated rings. The molecule has 1 aromatic heterocycles. The molecular formula is C23H17F3N2O4. The number of aryl methyl sites for hydroxylation is 1. The Balaban J connectivity index is 1.44. The van der Waals surface area contributed by atoms with Crippen LogP contribution < -0.4 is 10.1 Å². The van der Waals surface area contributed by atoms with Crippen molar-refractivity contribution in [3.8, 4) is 11.5 Å². The number of nitrogens with one attached hydrogen (secondary N) is 1. The number of fused-ring (bicyclic) bond motifs is 2. The molecule has 1 aliphatic heterocycles. The van der Waals surface area contributed by atoms with Gasteiger partial charge in [-0.2, -0.15) is 13.2 Å². The van der Waals surface area contributed by atoms with Crippen LogP contribution in [0.15, 0.2) is 48.7 Å². The summed E-state index contributed by atoms with van der Waals surface area (Å²) in [7, 11) is 0. The van der Waals surface area contributed by atoms with Gasteiger partial charge in [-0.15, -0.1) is 0 Å². The molecule has 2 amide bonds. The summed E-state index contributed by atoms with van der Waals surface area (Å²) in [6.07, 6.45) is -2.32. The van der Waals surface area contributed by atoms with Crippen LogP contribution in [0, 0.1) is 0 Å². The van der Waals surface area contributed by atoms with Gasteiger partial charge in [0.25, 0.3) is 5.91 Å². The highest BCUT2D eigenvalue weighted by Crippen LogP contribution is 2.40.